The summed E-state index contributed by atoms with van der Waals surface area (Å²) in [5.74, 6) is -0.948. The zero-order valence-electron chi connectivity index (χ0n) is 44.4. The number of hydrogen-bond acceptors (Lipinski definition) is 6. The zero-order valence-corrected chi connectivity index (χ0v) is 44.4. The summed E-state index contributed by atoms with van der Waals surface area (Å²) in [6, 6.07) is 0. The van der Waals surface area contributed by atoms with Gasteiger partial charge in [0.05, 0.1) is 0 Å². The van der Waals surface area contributed by atoms with Crippen molar-refractivity contribution in [3.63, 3.8) is 0 Å². The van der Waals surface area contributed by atoms with Gasteiger partial charge in [-0.25, -0.2) is 0 Å². The molecule has 0 aromatic heterocycles. The highest BCUT2D eigenvalue weighted by molar-refractivity contribution is 5.71. The smallest absolute Gasteiger partial charge is 0.306 e. The summed E-state index contributed by atoms with van der Waals surface area (Å²) in [5, 5.41) is 0. The van der Waals surface area contributed by atoms with Gasteiger partial charge in [0, 0.05) is 19.3 Å². The van der Waals surface area contributed by atoms with Crippen LogP contribution in [-0.2, 0) is 28.6 Å². The standard InChI is InChI=1S/C61H108O6/c1-4-7-10-13-16-19-22-25-28-30-33-36-39-42-45-48-51-54-60(63)66-57-58(56-65-59(62)53-50-47-44-41-38-35-32-27-24-21-18-15-12-9-6-3)67-61(64)55-52-49-46-43-40-37-34-31-29-26-23-20-17-14-11-8-5-2/h21,24-26,28-29,34,37,43,46,58H,4-20,22-23,27,30-33,35-36,38-42,44-45,47-57H2,1-3H3/b24-21-,28-25-,29-26-,37-34-,46-43-/t58-/m0/s1. The lowest BCUT2D eigenvalue weighted by molar-refractivity contribution is -0.167. The van der Waals surface area contributed by atoms with Crippen LogP contribution >= 0.6 is 0 Å². The number of esters is 3. The Morgan fingerprint density at radius 3 is 0.910 bits per heavy atom. The largest absolute Gasteiger partial charge is 0.462 e. The van der Waals surface area contributed by atoms with Crippen molar-refractivity contribution < 1.29 is 28.6 Å². The summed E-state index contributed by atoms with van der Waals surface area (Å²) in [7, 11) is 0. The van der Waals surface area contributed by atoms with E-state index < -0.39 is 6.10 Å². The Balaban J connectivity index is 4.45. The maximum atomic E-state index is 12.8. The van der Waals surface area contributed by atoms with Crippen molar-refractivity contribution in [2.24, 2.45) is 0 Å². The van der Waals surface area contributed by atoms with E-state index in [9.17, 15) is 14.4 Å². The lowest BCUT2D eigenvalue weighted by Crippen LogP contribution is -2.30. The number of carbonyl (C=O) groups is 3. The molecule has 0 amide bonds. The van der Waals surface area contributed by atoms with Gasteiger partial charge in [0.15, 0.2) is 6.10 Å². The Bertz CT molecular complexity index is 1210. The van der Waals surface area contributed by atoms with Crippen LogP contribution in [-0.4, -0.2) is 37.2 Å². The Morgan fingerprint density at radius 1 is 0.299 bits per heavy atom. The Hall–Kier alpha value is -2.89. The first-order chi connectivity index (χ1) is 33.0. The van der Waals surface area contributed by atoms with Crippen LogP contribution in [0.3, 0.4) is 0 Å². The fraction of sp³-hybridized carbons (Fsp3) is 0.787. The van der Waals surface area contributed by atoms with Gasteiger partial charge >= 0.3 is 17.9 Å². The van der Waals surface area contributed by atoms with E-state index in [1.54, 1.807) is 0 Å². The number of allylic oxidation sites excluding steroid dienone is 10. The van der Waals surface area contributed by atoms with Crippen molar-refractivity contribution >= 4 is 17.9 Å². The van der Waals surface area contributed by atoms with E-state index in [-0.39, 0.29) is 37.5 Å². The van der Waals surface area contributed by atoms with Crippen LogP contribution in [0.25, 0.3) is 0 Å². The van der Waals surface area contributed by atoms with Gasteiger partial charge in [-0.15, -0.1) is 0 Å². The third kappa shape index (κ3) is 53.9. The minimum Gasteiger partial charge on any atom is -0.462 e. The molecule has 0 unspecified atom stereocenters. The molecular weight excluding hydrogens is 829 g/mol. The first-order valence-electron chi connectivity index (χ1n) is 28.8. The second-order valence-corrected chi connectivity index (χ2v) is 19.2. The topological polar surface area (TPSA) is 78.9 Å². The molecule has 0 radical (unpaired) electrons. The summed E-state index contributed by atoms with van der Waals surface area (Å²) in [6.45, 7) is 6.59. The van der Waals surface area contributed by atoms with Crippen molar-refractivity contribution in [3.05, 3.63) is 60.8 Å². The monoisotopic (exact) mass is 937 g/mol. The van der Waals surface area contributed by atoms with Crippen LogP contribution in [0.4, 0.5) is 0 Å². The molecule has 0 aromatic carbocycles. The fourth-order valence-corrected chi connectivity index (χ4v) is 8.10. The fourth-order valence-electron chi connectivity index (χ4n) is 8.10. The molecule has 388 valence electrons. The molecule has 6 nitrogen and oxygen atoms in total. The van der Waals surface area contributed by atoms with Crippen LogP contribution in [0.2, 0.25) is 0 Å². The van der Waals surface area contributed by atoms with E-state index in [1.807, 2.05) is 0 Å². The van der Waals surface area contributed by atoms with Crippen molar-refractivity contribution in [3.8, 4) is 0 Å². The van der Waals surface area contributed by atoms with Gasteiger partial charge in [-0.1, -0.05) is 229 Å². The van der Waals surface area contributed by atoms with Crippen LogP contribution < -0.4 is 0 Å². The number of hydrogen-bond donors (Lipinski definition) is 0. The van der Waals surface area contributed by atoms with Gasteiger partial charge in [0.2, 0.25) is 0 Å². The summed E-state index contributed by atoms with van der Waals surface area (Å²) < 4.78 is 16.8. The Morgan fingerprint density at radius 2 is 0.552 bits per heavy atom. The van der Waals surface area contributed by atoms with Crippen molar-refractivity contribution in [1.29, 1.82) is 0 Å². The van der Waals surface area contributed by atoms with Crippen molar-refractivity contribution in [1.82, 2.24) is 0 Å². The zero-order chi connectivity index (χ0) is 48.6. The molecule has 0 heterocycles. The van der Waals surface area contributed by atoms with Crippen LogP contribution in [0, 0.1) is 0 Å². The third-order valence-corrected chi connectivity index (χ3v) is 12.5. The second kappa shape index (κ2) is 55.7. The van der Waals surface area contributed by atoms with Gasteiger partial charge in [0.25, 0.3) is 0 Å². The average molecular weight is 938 g/mol. The summed E-state index contributed by atoms with van der Waals surface area (Å²) in [4.78, 5) is 38.1. The lowest BCUT2D eigenvalue weighted by Gasteiger charge is -2.18. The molecule has 0 bridgehead atoms. The van der Waals surface area contributed by atoms with E-state index in [4.69, 9.17) is 14.2 Å². The molecule has 0 saturated carbocycles. The van der Waals surface area contributed by atoms with Gasteiger partial charge < -0.3 is 14.2 Å². The minimum absolute atomic E-state index is 0.0967. The van der Waals surface area contributed by atoms with E-state index >= 15 is 0 Å². The predicted octanol–water partition coefficient (Wildman–Crippen LogP) is 19.2. The molecule has 1 atom stereocenters. The van der Waals surface area contributed by atoms with E-state index in [0.717, 1.165) is 57.8 Å². The second-order valence-electron chi connectivity index (χ2n) is 19.2. The van der Waals surface area contributed by atoms with Crippen LogP contribution in [0.15, 0.2) is 60.8 Å². The highest BCUT2D eigenvalue weighted by atomic mass is 16.6. The molecule has 0 aliphatic heterocycles. The van der Waals surface area contributed by atoms with Crippen LogP contribution in [0.5, 0.6) is 0 Å². The molecule has 0 saturated heterocycles. The van der Waals surface area contributed by atoms with E-state index in [1.165, 1.54) is 186 Å². The van der Waals surface area contributed by atoms with Gasteiger partial charge in [-0.05, 0) is 103 Å². The normalized spacial score (nSPS) is 12.5. The summed E-state index contributed by atoms with van der Waals surface area (Å²) >= 11 is 0. The van der Waals surface area contributed by atoms with Crippen molar-refractivity contribution in [2.75, 3.05) is 13.2 Å². The van der Waals surface area contributed by atoms with Gasteiger partial charge in [-0.3, -0.25) is 14.4 Å². The maximum absolute atomic E-state index is 12.8. The van der Waals surface area contributed by atoms with E-state index in [2.05, 4.69) is 81.5 Å². The molecule has 0 aromatic rings. The minimum atomic E-state index is -0.803. The molecular formula is C61H108O6. The highest BCUT2D eigenvalue weighted by Crippen LogP contribution is 2.15. The van der Waals surface area contributed by atoms with Crippen molar-refractivity contribution in [2.45, 2.75) is 297 Å². The first-order valence-corrected chi connectivity index (χ1v) is 28.8. The first kappa shape index (κ1) is 64.1. The number of ether oxygens (including phenoxy) is 3. The molecule has 0 N–H and O–H groups in total. The number of rotatable bonds is 52. The third-order valence-electron chi connectivity index (χ3n) is 12.5. The molecule has 0 aliphatic carbocycles. The number of carbonyl (C=O) groups excluding carboxylic acids is 3. The molecule has 6 heteroatoms. The van der Waals surface area contributed by atoms with E-state index in [0.29, 0.717) is 19.3 Å². The Kier molecular flexibility index (Phi) is 53.3. The highest BCUT2D eigenvalue weighted by Gasteiger charge is 2.19. The van der Waals surface area contributed by atoms with Crippen LogP contribution in [0.1, 0.15) is 290 Å². The number of unbranched alkanes of at least 4 members (excludes halogenated alkanes) is 31. The van der Waals surface area contributed by atoms with Gasteiger partial charge in [0.1, 0.15) is 13.2 Å². The molecule has 0 aliphatic rings. The molecule has 67 heavy (non-hydrogen) atoms. The quantitative estimate of drug-likeness (QED) is 0.0262. The molecule has 0 fully saturated rings. The Labute approximate surface area is 415 Å². The summed E-state index contributed by atoms with van der Waals surface area (Å²) in [5.41, 5.74) is 0. The SMILES string of the molecule is CCCCCC/C=C\CCCCCCCCCC(=O)OC[C@@H](COC(=O)CCCCCCCCC/C=C\CCCCCCCC)OC(=O)CCC/C=C\C/C=C\C/C=C\CCCCCCCC. The lowest BCUT2D eigenvalue weighted by atomic mass is 10.1. The average Bonchev–Trinajstić information content (AvgIpc) is 3.33. The van der Waals surface area contributed by atoms with Gasteiger partial charge in [-0.2, -0.15) is 0 Å². The summed E-state index contributed by atoms with van der Waals surface area (Å²) in [6.07, 6.45) is 69.3. The molecule has 0 rings (SSSR count). The predicted molar refractivity (Wildman–Crippen MR) is 288 cm³/mol. The molecule has 0 spiro atoms. The maximum Gasteiger partial charge on any atom is 0.306 e.